The number of amides is 2. The maximum atomic E-state index is 12.5. The fourth-order valence-corrected chi connectivity index (χ4v) is 3.72. The van der Waals surface area contributed by atoms with Gasteiger partial charge < -0.3 is 15.4 Å². The predicted molar refractivity (Wildman–Crippen MR) is 114 cm³/mol. The lowest BCUT2D eigenvalue weighted by molar-refractivity contribution is -0.112. The zero-order chi connectivity index (χ0) is 20.2. The molecule has 7 heteroatoms. The number of thioether (sulfide) groups is 1. The van der Waals surface area contributed by atoms with E-state index in [1.807, 2.05) is 30.3 Å². The topological polar surface area (TPSA) is 80.3 Å². The van der Waals surface area contributed by atoms with Gasteiger partial charge in [-0.2, -0.15) is 0 Å². The summed E-state index contributed by atoms with van der Waals surface area (Å²) in [6.07, 6.45) is 3.43. The smallest absolute Gasteiger partial charge is 0.263 e. The van der Waals surface area contributed by atoms with Gasteiger partial charge in [0.1, 0.15) is 11.6 Å². The SMILES string of the molecule is COc1ccc(C(=O)Nc2cccc(/C=C3/Sc4cccnc4NC3=O)c2)cc1. The van der Waals surface area contributed by atoms with Crippen LogP contribution in [0.4, 0.5) is 11.5 Å². The van der Waals surface area contributed by atoms with Crippen LogP contribution in [0.25, 0.3) is 6.08 Å². The maximum absolute atomic E-state index is 12.5. The first kappa shape index (κ1) is 18.8. The lowest BCUT2D eigenvalue weighted by Gasteiger charge is -2.17. The number of hydrogen-bond acceptors (Lipinski definition) is 5. The number of pyridine rings is 1. The Labute approximate surface area is 172 Å². The van der Waals surface area contributed by atoms with Crippen molar-refractivity contribution in [1.82, 2.24) is 4.98 Å². The summed E-state index contributed by atoms with van der Waals surface area (Å²) in [6.45, 7) is 0. The first-order valence-corrected chi connectivity index (χ1v) is 9.65. The van der Waals surface area contributed by atoms with E-state index >= 15 is 0 Å². The number of ether oxygens (including phenoxy) is 1. The maximum Gasteiger partial charge on any atom is 0.263 e. The van der Waals surface area contributed by atoms with Crippen LogP contribution in [-0.4, -0.2) is 23.9 Å². The second kappa shape index (κ2) is 8.20. The summed E-state index contributed by atoms with van der Waals surface area (Å²) in [5.41, 5.74) is 1.98. The van der Waals surface area contributed by atoms with Gasteiger partial charge in [0.2, 0.25) is 0 Å². The zero-order valence-electron chi connectivity index (χ0n) is 15.5. The molecule has 0 fully saturated rings. The van der Waals surface area contributed by atoms with Gasteiger partial charge in [-0.1, -0.05) is 23.9 Å². The Kier molecular flexibility index (Phi) is 5.31. The molecule has 29 heavy (non-hydrogen) atoms. The molecular weight excluding hydrogens is 386 g/mol. The van der Waals surface area contributed by atoms with E-state index in [4.69, 9.17) is 4.74 Å². The third kappa shape index (κ3) is 4.30. The molecule has 4 rings (SSSR count). The molecule has 144 valence electrons. The third-order valence-electron chi connectivity index (χ3n) is 4.24. The molecule has 0 saturated carbocycles. The van der Waals surface area contributed by atoms with Crippen LogP contribution in [-0.2, 0) is 4.79 Å². The predicted octanol–water partition coefficient (Wildman–Crippen LogP) is 4.43. The van der Waals surface area contributed by atoms with Gasteiger partial charge in [-0.15, -0.1) is 0 Å². The van der Waals surface area contributed by atoms with Gasteiger partial charge in [0.15, 0.2) is 0 Å². The van der Waals surface area contributed by atoms with E-state index < -0.39 is 0 Å². The number of fused-ring (bicyclic) bond motifs is 1. The fourth-order valence-electron chi connectivity index (χ4n) is 2.80. The van der Waals surface area contributed by atoms with Gasteiger partial charge in [0.25, 0.3) is 11.8 Å². The number of methoxy groups -OCH3 is 1. The van der Waals surface area contributed by atoms with E-state index in [0.29, 0.717) is 27.7 Å². The molecule has 2 amide bonds. The molecule has 1 aromatic heterocycles. The molecule has 2 N–H and O–H groups in total. The van der Waals surface area contributed by atoms with Crippen molar-refractivity contribution < 1.29 is 14.3 Å². The zero-order valence-corrected chi connectivity index (χ0v) is 16.3. The van der Waals surface area contributed by atoms with Crippen LogP contribution in [0, 0.1) is 0 Å². The van der Waals surface area contributed by atoms with Gasteiger partial charge in [-0.3, -0.25) is 9.59 Å². The van der Waals surface area contributed by atoms with Crippen LogP contribution >= 0.6 is 11.8 Å². The Morgan fingerprint density at radius 1 is 1.14 bits per heavy atom. The highest BCUT2D eigenvalue weighted by Crippen LogP contribution is 2.37. The Bertz CT molecular complexity index is 1110. The summed E-state index contributed by atoms with van der Waals surface area (Å²) in [6, 6.07) is 17.9. The minimum Gasteiger partial charge on any atom is -0.497 e. The number of rotatable bonds is 4. The molecule has 2 aromatic carbocycles. The number of hydrogen-bond donors (Lipinski definition) is 2. The highest BCUT2D eigenvalue weighted by atomic mass is 32.2. The van der Waals surface area contributed by atoms with Gasteiger partial charge in [0, 0.05) is 17.4 Å². The molecule has 0 radical (unpaired) electrons. The highest BCUT2D eigenvalue weighted by Gasteiger charge is 2.21. The van der Waals surface area contributed by atoms with Crippen molar-refractivity contribution in [3.63, 3.8) is 0 Å². The number of carbonyl (C=O) groups is 2. The molecular formula is C22H17N3O3S. The van der Waals surface area contributed by atoms with Crippen molar-refractivity contribution in [3.8, 4) is 5.75 Å². The minimum atomic E-state index is -0.220. The molecule has 6 nitrogen and oxygen atoms in total. The molecule has 1 aliphatic heterocycles. The molecule has 0 saturated heterocycles. The Morgan fingerprint density at radius 3 is 2.76 bits per heavy atom. The van der Waals surface area contributed by atoms with Crippen molar-refractivity contribution in [3.05, 3.63) is 82.9 Å². The minimum absolute atomic E-state index is 0.200. The number of anilines is 2. The van der Waals surface area contributed by atoms with E-state index in [1.54, 1.807) is 49.7 Å². The molecule has 0 spiro atoms. The number of nitrogens with zero attached hydrogens (tertiary/aromatic N) is 1. The van der Waals surface area contributed by atoms with E-state index in [1.165, 1.54) is 11.8 Å². The fraction of sp³-hybridized carbons (Fsp3) is 0.0455. The largest absolute Gasteiger partial charge is 0.497 e. The lowest BCUT2D eigenvalue weighted by Crippen LogP contribution is -2.18. The molecule has 0 aliphatic carbocycles. The average molecular weight is 403 g/mol. The highest BCUT2D eigenvalue weighted by molar-refractivity contribution is 8.04. The van der Waals surface area contributed by atoms with Crippen molar-refractivity contribution >= 4 is 41.2 Å². The van der Waals surface area contributed by atoms with Crippen LogP contribution in [0.3, 0.4) is 0 Å². The van der Waals surface area contributed by atoms with Crippen LogP contribution in [0.15, 0.2) is 76.7 Å². The second-order valence-electron chi connectivity index (χ2n) is 6.22. The van der Waals surface area contributed by atoms with E-state index in [-0.39, 0.29) is 11.8 Å². The first-order chi connectivity index (χ1) is 14.1. The summed E-state index contributed by atoms with van der Waals surface area (Å²) in [7, 11) is 1.58. The lowest BCUT2D eigenvalue weighted by atomic mass is 10.1. The van der Waals surface area contributed by atoms with Crippen molar-refractivity contribution in [2.75, 3.05) is 17.7 Å². The van der Waals surface area contributed by atoms with E-state index in [9.17, 15) is 9.59 Å². The summed E-state index contributed by atoms with van der Waals surface area (Å²) in [4.78, 5) is 30.4. The van der Waals surface area contributed by atoms with Crippen molar-refractivity contribution in [1.29, 1.82) is 0 Å². The number of benzene rings is 2. The van der Waals surface area contributed by atoms with Gasteiger partial charge in [-0.25, -0.2) is 4.98 Å². The van der Waals surface area contributed by atoms with Crippen LogP contribution < -0.4 is 15.4 Å². The quantitative estimate of drug-likeness (QED) is 0.630. The van der Waals surface area contributed by atoms with E-state index in [2.05, 4.69) is 15.6 Å². The summed E-state index contributed by atoms with van der Waals surface area (Å²) in [5.74, 6) is 0.839. The van der Waals surface area contributed by atoms with Crippen LogP contribution in [0.5, 0.6) is 5.75 Å². The summed E-state index contributed by atoms with van der Waals surface area (Å²) < 4.78 is 5.11. The number of nitrogens with one attached hydrogen (secondary N) is 2. The Balaban J connectivity index is 1.52. The molecule has 1 aliphatic rings. The first-order valence-electron chi connectivity index (χ1n) is 8.84. The average Bonchev–Trinajstić information content (AvgIpc) is 2.74. The number of carbonyl (C=O) groups excluding carboxylic acids is 2. The number of aromatic nitrogens is 1. The van der Waals surface area contributed by atoms with Crippen LogP contribution in [0.1, 0.15) is 15.9 Å². The molecule has 0 unspecified atom stereocenters. The summed E-state index contributed by atoms with van der Waals surface area (Å²) >= 11 is 1.37. The van der Waals surface area contributed by atoms with E-state index in [0.717, 1.165) is 10.5 Å². The summed E-state index contributed by atoms with van der Waals surface area (Å²) in [5, 5.41) is 5.66. The normalized spacial score (nSPS) is 14.1. The molecule has 3 aromatic rings. The molecule has 0 atom stereocenters. The van der Waals surface area contributed by atoms with Gasteiger partial charge >= 0.3 is 0 Å². The van der Waals surface area contributed by atoms with Gasteiger partial charge in [0.05, 0.1) is 16.9 Å². The monoisotopic (exact) mass is 403 g/mol. The molecule has 2 heterocycles. The Morgan fingerprint density at radius 2 is 1.97 bits per heavy atom. The van der Waals surface area contributed by atoms with Crippen molar-refractivity contribution in [2.24, 2.45) is 0 Å². The van der Waals surface area contributed by atoms with Crippen LogP contribution in [0.2, 0.25) is 0 Å². The molecule has 0 bridgehead atoms. The second-order valence-corrected chi connectivity index (χ2v) is 7.31. The Hall–Kier alpha value is -3.58. The van der Waals surface area contributed by atoms with Crippen molar-refractivity contribution in [2.45, 2.75) is 4.90 Å². The third-order valence-corrected chi connectivity index (χ3v) is 5.31. The van der Waals surface area contributed by atoms with Gasteiger partial charge in [-0.05, 0) is 60.2 Å². The standard InChI is InChI=1S/C22H17N3O3S/c1-28-17-9-7-15(8-10-17)21(26)24-16-5-2-4-14(12-16)13-19-22(27)25-20-18(29-19)6-3-11-23-20/h2-13H,1H3,(H,24,26)(H,23,25,27)/b19-13+.